The topological polar surface area (TPSA) is 74.8 Å². The first-order chi connectivity index (χ1) is 19.3. The van der Waals surface area contributed by atoms with Gasteiger partial charge in [0.15, 0.2) is 0 Å². The number of allylic oxidation sites excluding steroid dienone is 7. The molecule has 0 aromatic rings. The van der Waals surface area contributed by atoms with Crippen molar-refractivity contribution in [2.75, 3.05) is 6.54 Å². The zero-order valence-electron chi connectivity index (χ0n) is 27.1. The van der Waals surface area contributed by atoms with Gasteiger partial charge in [-0.25, -0.2) is 4.39 Å². The van der Waals surface area contributed by atoms with Crippen LogP contribution in [0, 0.1) is 24.2 Å². The molecule has 0 aromatic carbocycles. The molecule has 0 aromatic heterocycles. The minimum absolute atomic E-state index is 0.304. The molecule has 5 nitrogen and oxygen atoms in total. The summed E-state index contributed by atoms with van der Waals surface area (Å²) in [6.07, 6.45) is 12.6. The molecule has 0 saturated heterocycles. The predicted octanol–water partition coefficient (Wildman–Crippen LogP) is 8.62. The van der Waals surface area contributed by atoms with E-state index in [4.69, 9.17) is 24.4 Å². The number of terminal acetylenes is 1. The molecule has 0 radical (unpaired) electrons. The molecule has 0 aliphatic heterocycles. The van der Waals surface area contributed by atoms with Crippen molar-refractivity contribution < 1.29 is 4.39 Å². The van der Waals surface area contributed by atoms with Gasteiger partial charge in [0.05, 0.1) is 34.4 Å². The lowest BCUT2D eigenvalue weighted by Gasteiger charge is -2.31. The maximum Gasteiger partial charge on any atom is 0.142 e. The molecule has 226 valence electrons. The molecular weight excluding hydrogens is 529 g/mol. The molecule has 2 aliphatic carbocycles. The van der Waals surface area contributed by atoms with Gasteiger partial charge in [-0.05, 0) is 57.8 Å². The number of nitrogens with zero attached hydrogens (tertiary/aromatic N) is 2. The summed E-state index contributed by atoms with van der Waals surface area (Å²) in [6.45, 7) is 29.9. The van der Waals surface area contributed by atoms with Gasteiger partial charge in [-0.2, -0.15) is 0 Å². The number of nitrogens with two attached hydrogens (primary N) is 1. The Morgan fingerprint density at radius 2 is 1.76 bits per heavy atom. The number of hydrogen-bond acceptors (Lipinski definition) is 5. The van der Waals surface area contributed by atoms with Gasteiger partial charge >= 0.3 is 0 Å². The summed E-state index contributed by atoms with van der Waals surface area (Å²) in [6, 6.07) is 0. The van der Waals surface area contributed by atoms with Gasteiger partial charge in [0, 0.05) is 24.9 Å². The van der Waals surface area contributed by atoms with E-state index in [2.05, 4.69) is 53.5 Å². The molecule has 0 saturated carbocycles. The summed E-state index contributed by atoms with van der Waals surface area (Å²) in [5, 5.41) is 6.21. The van der Waals surface area contributed by atoms with Crippen LogP contribution in [0.4, 0.5) is 4.39 Å². The summed E-state index contributed by atoms with van der Waals surface area (Å²) >= 11 is 5.41. The molecule has 4 N–H and O–H groups in total. The second-order valence-corrected chi connectivity index (χ2v) is 9.86. The lowest BCUT2D eigenvalue weighted by atomic mass is 9.82. The maximum absolute atomic E-state index is 14.5. The summed E-state index contributed by atoms with van der Waals surface area (Å²) in [4.78, 5) is 9.19. The number of hydrogen-bond donors (Lipinski definition) is 3. The van der Waals surface area contributed by atoms with E-state index >= 15 is 0 Å². The number of halogens is 1. The quantitative estimate of drug-likeness (QED) is 0.116. The highest BCUT2D eigenvalue weighted by Crippen LogP contribution is 2.35. The molecule has 0 bridgehead atoms. The van der Waals surface area contributed by atoms with E-state index in [9.17, 15) is 4.39 Å². The summed E-state index contributed by atoms with van der Waals surface area (Å²) in [5.41, 5.74) is 12.7. The zero-order valence-corrected chi connectivity index (χ0v) is 27.9. The lowest BCUT2D eigenvalue weighted by molar-refractivity contribution is 0.621. The van der Waals surface area contributed by atoms with Crippen LogP contribution in [0.3, 0.4) is 0 Å². The first kappa shape index (κ1) is 39.6. The van der Waals surface area contributed by atoms with Gasteiger partial charge in [-0.1, -0.05) is 90.6 Å². The number of rotatable bonds is 8. The van der Waals surface area contributed by atoms with E-state index in [0.717, 1.165) is 17.0 Å². The van der Waals surface area contributed by atoms with Crippen LogP contribution in [0.2, 0.25) is 0 Å². The predicted molar refractivity (Wildman–Crippen MR) is 184 cm³/mol. The maximum atomic E-state index is 14.5. The highest BCUT2D eigenvalue weighted by Gasteiger charge is 2.31. The summed E-state index contributed by atoms with van der Waals surface area (Å²) in [7, 11) is 0. The Labute approximate surface area is 255 Å². The molecule has 2 aliphatic rings. The van der Waals surface area contributed by atoms with Gasteiger partial charge in [0.1, 0.15) is 10.8 Å². The molecule has 2 rings (SSSR count). The Morgan fingerprint density at radius 1 is 1.20 bits per heavy atom. The second-order valence-electron chi connectivity index (χ2n) is 9.45. The Hall–Kier alpha value is -3.50. The zero-order chi connectivity index (χ0) is 32.3. The highest BCUT2D eigenvalue weighted by atomic mass is 32.1. The molecule has 1 unspecified atom stereocenters. The van der Waals surface area contributed by atoms with Crippen molar-refractivity contribution in [2.45, 2.75) is 82.6 Å². The third kappa shape index (κ3) is 14.6. The molecule has 0 spiro atoms. The van der Waals surface area contributed by atoms with Crippen molar-refractivity contribution in [1.82, 2.24) is 10.6 Å². The number of nitrogens with one attached hydrogen (secondary N) is 2. The Bertz CT molecular complexity index is 1180. The second kappa shape index (κ2) is 21.3. The van der Waals surface area contributed by atoms with Crippen LogP contribution in [0.5, 0.6) is 0 Å². The molecule has 0 fully saturated rings. The fourth-order valence-corrected chi connectivity index (χ4v) is 2.98. The molecule has 0 amide bonds. The molecule has 41 heavy (non-hydrogen) atoms. The van der Waals surface area contributed by atoms with Gasteiger partial charge in [0.2, 0.25) is 0 Å². The average molecular weight is 582 g/mol. The minimum Gasteiger partial charge on any atom is -0.397 e. The molecule has 7 heteroatoms. The van der Waals surface area contributed by atoms with Gasteiger partial charge in [-0.3, -0.25) is 9.98 Å². The summed E-state index contributed by atoms with van der Waals surface area (Å²) < 4.78 is 14.5. The van der Waals surface area contributed by atoms with Crippen molar-refractivity contribution in [3.8, 4) is 12.3 Å². The van der Waals surface area contributed by atoms with E-state index in [1.165, 1.54) is 11.6 Å². The van der Waals surface area contributed by atoms with Crippen LogP contribution in [-0.2, 0) is 0 Å². The van der Waals surface area contributed by atoms with Gasteiger partial charge < -0.3 is 16.4 Å². The largest absolute Gasteiger partial charge is 0.397 e. The molecule has 0 heterocycles. The van der Waals surface area contributed by atoms with Crippen LogP contribution in [0.1, 0.15) is 82.6 Å². The monoisotopic (exact) mass is 581 g/mol. The van der Waals surface area contributed by atoms with Gasteiger partial charge in [0.25, 0.3) is 0 Å². The fraction of sp³-hybridized carbons (Fsp3) is 0.441. The van der Waals surface area contributed by atoms with Crippen molar-refractivity contribution in [2.24, 2.45) is 27.6 Å². The normalized spacial score (nSPS) is 16.2. The van der Waals surface area contributed by atoms with Crippen molar-refractivity contribution in [1.29, 1.82) is 0 Å². The van der Waals surface area contributed by atoms with Crippen LogP contribution >= 0.6 is 12.2 Å². The molecule has 1 atom stereocenters. The van der Waals surface area contributed by atoms with Crippen molar-refractivity contribution in [3.05, 3.63) is 82.9 Å². The Kier molecular flexibility index (Phi) is 20.6. The third-order valence-corrected chi connectivity index (χ3v) is 6.09. The molecular formula is C34H52FN5S. The average Bonchev–Trinajstić information content (AvgIpc) is 3.13. The summed E-state index contributed by atoms with van der Waals surface area (Å²) in [5.74, 6) is 2.59. The van der Waals surface area contributed by atoms with E-state index < -0.39 is 0 Å². The smallest absolute Gasteiger partial charge is 0.142 e. The minimum atomic E-state index is -0.368. The van der Waals surface area contributed by atoms with Crippen molar-refractivity contribution >= 4 is 28.6 Å². The van der Waals surface area contributed by atoms with E-state index in [1.807, 2.05) is 68.4 Å². The van der Waals surface area contributed by atoms with E-state index in [1.54, 1.807) is 12.3 Å². The third-order valence-electron chi connectivity index (χ3n) is 5.65. The van der Waals surface area contributed by atoms with Crippen LogP contribution in [-0.4, -0.2) is 23.0 Å². The first-order valence-electron chi connectivity index (χ1n) is 14.1. The highest BCUT2D eigenvalue weighted by molar-refractivity contribution is 7.82. The van der Waals surface area contributed by atoms with Crippen LogP contribution in [0.15, 0.2) is 92.9 Å². The Morgan fingerprint density at radius 3 is 2.24 bits per heavy atom. The fourth-order valence-electron chi connectivity index (χ4n) is 2.86. The SMILES string of the molecule is C#CC1C(=C)C(N)=C1NC1=C(F)C=CC(CNC(=S)C(C)=N/C(C)=C/N=C(C)C)=CC1.C=C(C)C(C)C.CC.CC. The van der Waals surface area contributed by atoms with Crippen LogP contribution in [0.25, 0.3) is 0 Å². The first-order valence-corrected chi connectivity index (χ1v) is 14.5. The lowest BCUT2D eigenvalue weighted by Crippen LogP contribution is -2.34. The standard InChI is InChI=1S/C24H28FN5S.C6H12.2C2H6/c1-7-19-16(5)22(26)23(19)30-21-11-9-18(8-10-20(21)25)13-28-24(31)17(6)29-15(4)12-27-14(2)3;1-5(2)6(3)4;2*1-2/h1,8-10,12,19,30H,5,11,13,26H2,2-4,6H3,(H,28,31);6H,1H2,2-4H3;2*1-2H3/b15-12+,29-17?;;;. The van der Waals surface area contributed by atoms with Gasteiger partial charge in [-0.15, -0.1) is 6.42 Å². The van der Waals surface area contributed by atoms with Crippen LogP contribution < -0.4 is 16.4 Å². The van der Waals surface area contributed by atoms with Crippen molar-refractivity contribution in [3.63, 3.8) is 0 Å². The van der Waals surface area contributed by atoms with E-state index in [-0.39, 0.29) is 11.7 Å². The Balaban J connectivity index is 0. The number of thiocarbonyl (C=S) groups is 1. The number of aliphatic imine (C=N–C) groups is 2. The van der Waals surface area contributed by atoms with E-state index in [0.29, 0.717) is 52.2 Å².